The number of carbonyl (C=O) groups excluding carboxylic acids is 1. The minimum absolute atomic E-state index is 0.158. The molecule has 2 unspecified atom stereocenters. The molecular formula is C36H70O9. The predicted octanol–water partition coefficient (Wildman–Crippen LogP) is 5.87. The molecule has 0 bridgehead atoms. The van der Waals surface area contributed by atoms with E-state index in [1.807, 2.05) is 0 Å². The van der Waals surface area contributed by atoms with Crippen LogP contribution in [0.1, 0.15) is 167 Å². The molecule has 0 saturated carbocycles. The average Bonchev–Trinajstić information content (AvgIpc) is 3.01. The first-order valence-electron chi connectivity index (χ1n) is 18.6. The summed E-state index contributed by atoms with van der Waals surface area (Å²) in [5, 5.41) is 58.3. The van der Waals surface area contributed by atoms with Crippen LogP contribution in [-0.4, -0.2) is 92.5 Å². The third kappa shape index (κ3) is 22.5. The Labute approximate surface area is 274 Å². The van der Waals surface area contributed by atoms with Gasteiger partial charge in [0.1, 0.15) is 30.2 Å². The van der Waals surface area contributed by atoms with Gasteiger partial charge in [-0.1, -0.05) is 128 Å². The fraction of sp³-hybridized carbons (Fsp3) is 0.972. The molecule has 0 radical (unpaired) electrons. The number of rotatable bonds is 31. The molecule has 1 saturated heterocycles. The third-order valence-corrected chi connectivity index (χ3v) is 9.10. The first-order chi connectivity index (χ1) is 21.8. The van der Waals surface area contributed by atoms with E-state index in [1.165, 1.54) is 109 Å². The molecule has 1 aliphatic rings. The number of aliphatic hydroxyl groups is 6. The topological polar surface area (TPSA) is 157 Å². The number of unbranched alkanes of at least 4 members (excludes halogenated alkanes) is 20. The highest BCUT2D eigenvalue weighted by Crippen LogP contribution is 2.22. The van der Waals surface area contributed by atoms with E-state index in [2.05, 4.69) is 0 Å². The van der Waals surface area contributed by atoms with Crippen molar-refractivity contribution in [3.05, 3.63) is 0 Å². The lowest BCUT2D eigenvalue weighted by atomic mass is 9.99. The van der Waals surface area contributed by atoms with Gasteiger partial charge in [-0.15, -0.1) is 0 Å². The second kappa shape index (κ2) is 28.4. The van der Waals surface area contributed by atoms with E-state index in [0.29, 0.717) is 25.7 Å². The molecule has 0 aromatic rings. The predicted molar refractivity (Wildman–Crippen MR) is 178 cm³/mol. The molecule has 0 amide bonds. The Kier molecular flexibility index (Phi) is 26.7. The Bertz CT molecular complexity index is 675. The Morgan fingerprint density at radius 2 is 1.04 bits per heavy atom. The van der Waals surface area contributed by atoms with Gasteiger partial charge in [-0.05, 0) is 26.2 Å². The van der Waals surface area contributed by atoms with Gasteiger partial charge in [0, 0.05) is 12.8 Å². The van der Waals surface area contributed by atoms with Gasteiger partial charge in [-0.3, -0.25) is 4.79 Å². The zero-order chi connectivity index (χ0) is 33.1. The van der Waals surface area contributed by atoms with E-state index in [1.54, 1.807) is 6.92 Å². The van der Waals surface area contributed by atoms with Gasteiger partial charge in [0.05, 0.1) is 25.4 Å². The molecule has 268 valence electrons. The maximum Gasteiger partial charge on any atom is 0.186 e. The van der Waals surface area contributed by atoms with Gasteiger partial charge < -0.3 is 40.1 Å². The largest absolute Gasteiger partial charge is 0.394 e. The maximum atomic E-state index is 11.6. The zero-order valence-corrected chi connectivity index (χ0v) is 28.5. The molecule has 0 aromatic heterocycles. The smallest absolute Gasteiger partial charge is 0.186 e. The lowest BCUT2D eigenvalue weighted by Crippen LogP contribution is -2.59. The lowest BCUT2D eigenvalue weighted by Gasteiger charge is -2.39. The molecule has 0 aliphatic carbocycles. The van der Waals surface area contributed by atoms with Crippen molar-refractivity contribution in [2.24, 2.45) is 0 Å². The molecule has 1 fully saturated rings. The van der Waals surface area contributed by atoms with Crippen LogP contribution in [-0.2, 0) is 14.3 Å². The molecule has 7 atom stereocenters. The van der Waals surface area contributed by atoms with Crippen molar-refractivity contribution in [3.8, 4) is 0 Å². The number of Topliss-reactive ketones (excluding diaryl/α,β-unsaturated/α-hetero) is 1. The molecule has 1 aliphatic heterocycles. The Morgan fingerprint density at radius 3 is 1.47 bits per heavy atom. The molecule has 9 nitrogen and oxygen atoms in total. The summed E-state index contributed by atoms with van der Waals surface area (Å²) in [6, 6.07) is 0. The van der Waals surface area contributed by atoms with Crippen LogP contribution in [0.3, 0.4) is 0 Å². The first kappa shape index (κ1) is 42.4. The normalized spacial score (nSPS) is 23.3. The number of hydrogen-bond donors (Lipinski definition) is 6. The first-order valence-corrected chi connectivity index (χ1v) is 18.6. The van der Waals surface area contributed by atoms with Gasteiger partial charge in [0.25, 0.3) is 0 Å². The summed E-state index contributed by atoms with van der Waals surface area (Å²) in [5.41, 5.74) is 0. The summed E-state index contributed by atoms with van der Waals surface area (Å²) in [5.74, 6) is 0.197. The highest BCUT2D eigenvalue weighted by atomic mass is 16.7. The van der Waals surface area contributed by atoms with Crippen LogP contribution in [0.25, 0.3) is 0 Å². The van der Waals surface area contributed by atoms with Crippen LogP contribution in [0, 0.1) is 0 Å². The van der Waals surface area contributed by atoms with Crippen LogP contribution in [0.4, 0.5) is 0 Å². The van der Waals surface area contributed by atoms with E-state index in [4.69, 9.17) is 9.47 Å². The molecular weight excluding hydrogens is 576 g/mol. The van der Waals surface area contributed by atoms with Crippen molar-refractivity contribution < 1.29 is 44.9 Å². The summed E-state index contributed by atoms with van der Waals surface area (Å²) in [4.78, 5) is 11.6. The molecule has 1 heterocycles. The molecule has 1 rings (SSSR count). The van der Waals surface area contributed by atoms with Crippen LogP contribution in [0.2, 0.25) is 0 Å². The number of carbonyl (C=O) groups is 1. The summed E-state index contributed by atoms with van der Waals surface area (Å²) in [6.45, 7) is 1.35. The summed E-state index contributed by atoms with van der Waals surface area (Å²) in [6.07, 6.45) is 21.4. The van der Waals surface area contributed by atoms with E-state index in [0.717, 1.165) is 25.7 Å². The molecule has 6 N–H and O–H groups in total. The number of ether oxygens (including phenoxy) is 2. The van der Waals surface area contributed by atoms with Gasteiger partial charge in [0.15, 0.2) is 6.29 Å². The molecule has 0 spiro atoms. The Balaban J connectivity index is 1.77. The van der Waals surface area contributed by atoms with Crippen LogP contribution in [0.15, 0.2) is 0 Å². The fourth-order valence-corrected chi connectivity index (χ4v) is 6.16. The number of aliphatic hydroxyl groups excluding tert-OH is 6. The Morgan fingerprint density at radius 1 is 0.622 bits per heavy atom. The monoisotopic (exact) mass is 647 g/mol. The molecule has 0 aromatic carbocycles. The fourth-order valence-electron chi connectivity index (χ4n) is 6.16. The highest BCUT2D eigenvalue weighted by molar-refractivity contribution is 5.78. The number of hydrogen-bond acceptors (Lipinski definition) is 9. The van der Waals surface area contributed by atoms with Crippen molar-refractivity contribution in [2.75, 3.05) is 13.2 Å². The molecule has 45 heavy (non-hydrogen) atoms. The van der Waals surface area contributed by atoms with Crippen molar-refractivity contribution in [2.45, 2.75) is 210 Å². The average molecular weight is 647 g/mol. The van der Waals surface area contributed by atoms with E-state index >= 15 is 0 Å². The second-order valence-electron chi connectivity index (χ2n) is 13.6. The van der Waals surface area contributed by atoms with Gasteiger partial charge >= 0.3 is 0 Å². The second-order valence-corrected chi connectivity index (χ2v) is 13.6. The minimum Gasteiger partial charge on any atom is -0.394 e. The summed E-state index contributed by atoms with van der Waals surface area (Å²) < 4.78 is 10.8. The third-order valence-electron chi connectivity index (χ3n) is 9.10. The number of ketones is 1. The van der Waals surface area contributed by atoms with Gasteiger partial charge in [-0.25, -0.2) is 0 Å². The van der Waals surface area contributed by atoms with Crippen molar-refractivity contribution in [3.63, 3.8) is 0 Å². The van der Waals surface area contributed by atoms with Crippen LogP contribution in [0.5, 0.6) is 0 Å². The summed E-state index contributed by atoms with van der Waals surface area (Å²) >= 11 is 0. The van der Waals surface area contributed by atoms with E-state index in [-0.39, 0.29) is 12.4 Å². The van der Waals surface area contributed by atoms with Crippen molar-refractivity contribution in [1.29, 1.82) is 0 Å². The lowest BCUT2D eigenvalue weighted by molar-refractivity contribution is -0.301. The summed E-state index contributed by atoms with van der Waals surface area (Å²) in [7, 11) is 0. The standard InChI is InChI=1S/C36H70O9/c1-29(38)27-31(40)24-22-20-18-16-14-12-10-8-6-4-2-3-5-7-9-11-13-15-17-19-21-23-30(39)25-26-44-36-35(43)34(42)33(41)32(28-37)45-36/h29-30,32-39,41-43H,2-28H2,1H3/t29?,30?,32-,33-,34+,35-,36-/m1/s1. The quantitative estimate of drug-likeness (QED) is 0.0507. The van der Waals surface area contributed by atoms with Gasteiger partial charge in [-0.2, -0.15) is 0 Å². The van der Waals surface area contributed by atoms with Crippen molar-refractivity contribution >= 4 is 5.78 Å². The highest BCUT2D eigenvalue weighted by Gasteiger charge is 2.43. The molecule has 9 heteroatoms. The minimum atomic E-state index is -1.45. The van der Waals surface area contributed by atoms with E-state index in [9.17, 15) is 35.4 Å². The van der Waals surface area contributed by atoms with Gasteiger partial charge in [0.2, 0.25) is 0 Å². The Hall–Kier alpha value is -0.650. The SMILES string of the molecule is CC(O)CC(=O)CCCCCCCCCCCCCCCCCCCCCCCC(O)CCO[C@@H]1O[C@H](CO)[C@@H](O)[C@H](O)[C@H]1O. The zero-order valence-electron chi connectivity index (χ0n) is 28.5. The van der Waals surface area contributed by atoms with E-state index < -0.39 is 49.5 Å². The van der Waals surface area contributed by atoms with Crippen LogP contribution < -0.4 is 0 Å². The van der Waals surface area contributed by atoms with Crippen molar-refractivity contribution in [1.82, 2.24) is 0 Å². The van der Waals surface area contributed by atoms with Crippen LogP contribution >= 0.6 is 0 Å². The maximum absolute atomic E-state index is 11.6.